The predicted octanol–water partition coefficient (Wildman–Crippen LogP) is 3.93. The Morgan fingerprint density at radius 3 is 2.50 bits per heavy atom. The number of pyridine rings is 1. The quantitative estimate of drug-likeness (QED) is 0.325. The SMILES string of the molecule is C[C@@H]1[C@H](CSc2nnnn2C)O[C@H](c2ccc(NC(=O)c3cccnc3)cc2)O[C@@H]1c1ccc(CO)cc1. The highest BCUT2D eigenvalue weighted by molar-refractivity contribution is 7.99. The number of aliphatic hydroxyl groups excluding tert-OH is 1. The summed E-state index contributed by atoms with van der Waals surface area (Å²) in [6.45, 7) is 2.10. The van der Waals surface area contributed by atoms with Gasteiger partial charge < -0.3 is 19.9 Å². The lowest BCUT2D eigenvalue weighted by molar-refractivity contribution is -0.268. The van der Waals surface area contributed by atoms with Gasteiger partial charge in [-0.2, -0.15) is 0 Å². The van der Waals surface area contributed by atoms with Crippen molar-refractivity contribution < 1.29 is 19.4 Å². The van der Waals surface area contributed by atoms with Crippen molar-refractivity contribution in [2.24, 2.45) is 13.0 Å². The molecule has 0 saturated carbocycles. The molecule has 1 fully saturated rings. The van der Waals surface area contributed by atoms with Crippen LogP contribution in [0.4, 0.5) is 5.69 Å². The number of aryl methyl sites for hydroxylation is 1. The molecule has 0 spiro atoms. The van der Waals surface area contributed by atoms with E-state index in [0.29, 0.717) is 22.2 Å². The summed E-state index contributed by atoms with van der Waals surface area (Å²) < 4.78 is 14.6. The summed E-state index contributed by atoms with van der Waals surface area (Å²) in [5.41, 5.74) is 3.83. The van der Waals surface area contributed by atoms with Gasteiger partial charge in [0.2, 0.25) is 5.16 Å². The molecule has 4 aromatic rings. The van der Waals surface area contributed by atoms with E-state index in [2.05, 4.69) is 32.7 Å². The maximum absolute atomic E-state index is 12.5. The van der Waals surface area contributed by atoms with Gasteiger partial charge in [0.15, 0.2) is 6.29 Å². The van der Waals surface area contributed by atoms with E-state index in [-0.39, 0.29) is 30.6 Å². The van der Waals surface area contributed by atoms with Crippen LogP contribution in [0.2, 0.25) is 0 Å². The zero-order valence-corrected chi connectivity index (χ0v) is 21.8. The Bertz CT molecular complexity index is 1350. The van der Waals surface area contributed by atoms with Gasteiger partial charge in [0.25, 0.3) is 5.91 Å². The van der Waals surface area contributed by atoms with E-state index in [1.54, 1.807) is 30.1 Å². The molecule has 11 heteroatoms. The molecule has 10 nitrogen and oxygen atoms in total. The fraction of sp³-hybridized carbons (Fsp3) is 0.296. The van der Waals surface area contributed by atoms with Gasteiger partial charge in [0, 0.05) is 42.4 Å². The molecule has 3 heterocycles. The molecule has 1 aliphatic rings. The smallest absolute Gasteiger partial charge is 0.257 e. The summed E-state index contributed by atoms with van der Waals surface area (Å²) in [6.07, 6.45) is 2.16. The van der Waals surface area contributed by atoms with E-state index >= 15 is 0 Å². The van der Waals surface area contributed by atoms with Crippen molar-refractivity contribution in [1.82, 2.24) is 25.2 Å². The number of nitrogens with one attached hydrogen (secondary N) is 1. The largest absolute Gasteiger partial charge is 0.392 e. The highest BCUT2D eigenvalue weighted by atomic mass is 32.2. The Morgan fingerprint density at radius 1 is 1.08 bits per heavy atom. The lowest BCUT2D eigenvalue weighted by Gasteiger charge is -2.41. The minimum absolute atomic E-state index is 0.0121. The van der Waals surface area contributed by atoms with Crippen molar-refractivity contribution in [2.75, 3.05) is 11.1 Å². The van der Waals surface area contributed by atoms with E-state index in [4.69, 9.17) is 9.47 Å². The van der Waals surface area contributed by atoms with Crippen LogP contribution in [0.1, 0.15) is 46.4 Å². The molecule has 38 heavy (non-hydrogen) atoms. The number of rotatable bonds is 8. The summed E-state index contributed by atoms with van der Waals surface area (Å²) in [4.78, 5) is 16.5. The highest BCUT2D eigenvalue weighted by Gasteiger charge is 2.38. The summed E-state index contributed by atoms with van der Waals surface area (Å²) in [6, 6.07) is 18.7. The third kappa shape index (κ3) is 5.91. The van der Waals surface area contributed by atoms with Crippen LogP contribution in [-0.4, -0.2) is 48.1 Å². The minimum Gasteiger partial charge on any atom is -0.392 e. The van der Waals surface area contributed by atoms with Gasteiger partial charge in [-0.25, -0.2) is 4.68 Å². The first-order valence-electron chi connectivity index (χ1n) is 12.2. The van der Waals surface area contributed by atoms with Crippen LogP contribution in [0.3, 0.4) is 0 Å². The first-order valence-corrected chi connectivity index (χ1v) is 13.2. The van der Waals surface area contributed by atoms with Gasteiger partial charge in [-0.3, -0.25) is 9.78 Å². The van der Waals surface area contributed by atoms with Crippen molar-refractivity contribution in [1.29, 1.82) is 0 Å². The molecule has 1 amide bonds. The summed E-state index contributed by atoms with van der Waals surface area (Å²) in [5, 5.41) is 24.7. The third-order valence-electron chi connectivity index (χ3n) is 6.45. The van der Waals surface area contributed by atoms with Crippen LogP contribution in [0.15, 0.2) is 78.2 Å². The molecule has 0 radical (unpaired) electrons. The third-order valence-corrected chi connectivity index (χ3v) is 7.55. The fourth-order valence-corrected chi connectivity index (χ4v) is 5.25. The van der Waals surface area contributed by atoms with Crippen molar-refractivity contribution in [3.8, 4) is 0 Å². The van der Waals surface area contributed by atoms with Gasteiger partial charge in [-0.1, -0.05) is 55.1 Å². The van der Waals surface area contributed by atoms with Gasteiger partial charge in [0.1, 0.15) is 0 Å². The van der Waals surface area contributed by atoms with Gasteiger partial charge in [0.05, 0.1) is 24.4 Å². The molecular formula is C27H28N6O4S. The van der Waals surface area contributed by atoms with Gasteiger partial charge in [-0.15, -0.1) is 5.10 Å². The lowest BCUT2D eigenvalue weighted by atomic mass is 9.91. The molecule has 2 N–H and O–H groups in total. The molecule has 2 aromatic carbocycles. The molecule has 0 unspecified atom stereocenters. The molecule has 1 saturated heterocycles. The monoisotopic (exact) mass is 532 g/mol. The van der Waals surface area contributed by atoms with E-state index < -0.39 is 6.29 Å². The van der Waals surface area contributed by atoms with Crippen molar-refractivity contribution in [2.45, 2.75) is 37.2 Å². The number of carbonyl (C=O) groups excluding carboxylic acids is 1. The zero-order chi connectivity index (χ0) is 26.5. The number of benzene rings is 2. The molecular weight excluding hydrogens is 504 g/mol. The molecule has 0 aliphatic carbocycles. The standard InChI is InChI=1S/C27H28N6O4S/c1-17-23(16-38-27-30-31-32-33(27)2)36-26(37-24(17)19-7-5-18(15-34)6-8-19)20-9-11-22(12-10-20)29-25(35)21-4-3-13-28-14-21/h3-14,17,23-24,26,34H,15-16H2,1-2H3,(H,29,35)/t17-,23+,24+,26+/m1/s1. The average Bonchev–Trinajstić information content (AvgIpc) is 3.38. The molecule has 4 atom stereocenters. The fourth-order valence-electron chi connectivity index (χ4n) is 4.23. The highest BCUT2D eigenvalue weighted by Crippen LogP contribution is 2.43. The molecule has 0 bridgehead atoms. The maximum Gasteiger partial charge on any atom is 0.257 e. The van der Waals surface area contributed by atoms with E-state index in [9.17, 15) is 9.90 Å². The predicted molar refractivity (Wildman–Crippen MR) is 141 cm³/mol. The number of aromatic nitrogens is 5. The number of hydrogen-bond donors (Lipinski definition) is 2. The van der Waals surface area contributed by atoms with Crippen molar-refractivity contribution in [3.05, 3.63) is 95.3 Å². The van der Waals surface area contributed by atoms with Crippen LogP contribution in [0.5, 0.6) is 0 Å². The molecule has 1 aliphatic heterocycles. The van der Waals surface area contributed by atoms with E-state index in [1.807, 2.05) is 48.5 Å². The number of anilines is 1. The zero-order valence-electron chi connectivity index (χ0n) is 21.0. The second kappa shape index (κ2) is 11.8. The molecule has 196 valence electrons. The first-order chi connectivity index (χ1) is 18.5. The number of thioether (sulfide) groups is 1. The Kier molecular flexibility index (Phi) is 8.08. The second-order valence-electron chi connectivity index (χ2n) is 9.04. The van der Waals surface area contributed by atoms with E-state index in [1.165, 1.54) is 18.0 Å². The second-order valence-corrected chi connectivity index (χ2v) is 10.0. The van der Waals surface area contributed by atoms with Crippen LogP contribution in [-0.2, 0) is 23.1 Å². The van der Waals surface area contributed by atoms with Crippen molar-refractivity contribution in [3.63, 3.8) is 0 Å². The number of ether oxygens (including phenoxy) is 2. The van der Waals surface area contributed by atoms with Crippen LogP contribution in [0, 0.1) is 5.92 Å². The van der Waals surface area contributed by atoms with Gasteiger partial charge >= 0.3 is 0 Å². The maximum atomic E-state index is 12.5. The number of carbonyl (C=O) groups is 1. The molecule has 5 rings (SSSR count). The Labute approximate surface area is 224 Å². The summed E-state index contributed by atoms with van der Waals surface area (Å²) >= 11 is 1.53. The summed E-state index contributed by atoms with van der Waals surface area (Å²) in [7, 11) is 1.81. The Hall–Kier alpha value is -3.64. The number of amides is 1. The van der Waals surface area contributed by atoms with Crippen LogP contribution >= 0.6 is 11.8 Å². The topological polar surface area (TPSA) is 124 Å². The lowest BCUT2D eigenvalue weighted by Crippen LogP contribution is -2.38. The Balaban J connectivity index is 1.34. The summed E-state index contributed by atoms with van der Waals surface area (Å²) in [5.74, 6) is 0.448. The Morgan fingerprint density at radius 2 is 1.84 bits per heavy atom. The first kappa shape index (κ1) is 26.0. The van der Waals surface area contributed by atoms with Crippen LogP contribution < -0.4 is 5.32 Å². The van der Waals surface area contributed by atoms with E-state index in [0.717, 1.165) is 16.7 Å². The number of tetrazole rings is 1. The number of hydrogen-bond acceptors (Lipinski definition) is 9. The van der Waals surface area contributed by atoms with Gasteiger partial charge in [-0.05, 0) is 45.8 Å². The normalized spacial score (nSPS) is 21.2. The number of nitrogens with zero attached hydrogens (tertiary/aromatic N) is 5. The average molecular weight is 533 g/mol. The molecule has 2 aromatic heterocycles. The number of aliphatic hydroxyl groups is 1. The van der Waals surface area contributed by atoms with Crippen molar-refractivity contribution >= 4 is 23.4 Å². The minimum atomic E-state index is -0.611. The van der Waals surface area contributed by atoms with Crippen LogP contribution in [0.25, 0.3) is 0 Å².